The number of benzene rings is 3. The Morgan fingerprint density at radius 2 is 1.52 bits per heavy atom. The van der Waals surface area contributed by atoms with Crippen LogP contribution < -0.4 is 0 Å². The molecule has 0 aliphatic carbocycles. The molecule has 0 bridgehead atoms. The van der Waals surface area contributed by atoms with Crippen LogP contribution in [0, 0.1) is 13.8 Å². The van der Waals surface area contributed by atoms with E-state index in [1.807, 2.05) is 0 Å². The predicted molar refractivity (Wildman–Crippen MR) is 88.4 cm³/mol. The van der Waals surface area contributed by atoms with Gasteiger partial charge >= 0.3 is 0 Å². The first-order valence-corrected chi connectivity index (χ1v) is 7.34. The molecule has 0 heterocycles. The van der Waals surface area contributed by atoms with Gasteiger partial charge in [-0.25, -0.2) is 0 Å². The molecule has 1 nitrogen and oxygen atoms in total. The van der Waals surface area contributed by atoms with Crippen molar-refractivity contribution < 1.29 is 4.74 Å². The Kier molecular flexibility index (Phi) is 4.03. The summed E-state index contributed by atoms with van der Waals surface area (Å²) in [4.78, 5) is 0. The molecule has 21 heavy (non-hydrogen) atoms. The van der Waals surface area contributed by atoms with Crippen molar-refractivity contribution in [1.82, 2.24) is 0 Å². The van der Waals surface area contributed by atoms with E-state index in [0.717, 1.165) is 0 Å². The molecule has 0 atom stereocenters. The highest BCUT2D eigenvalue weighted by atomic mass is 16.5. The van der Waals surface area contributed by atoms with Crippen molar-refractivity contribution in [1.29, 1.82) is 0 Å². The van der Waals surface area contributed by atoms with E-state index in [4.69, 9.17) is 4.74 Å². The molecule has 0 saturated carbocycles. The van der Waals surface area contributed by atoms with Crippen LogP contribution in [0.25, 0.3) is 10.8 Å². The average Bonchev–Trinajstić information content (AvgIpc) is 2.50. The zero-order valence-electron chi connectivity index (χ0n) is 12.6. The topological polar surface area (TPSA) is 9.23 Å². The number of fused-ring (bicyclic) bond motifs is 1. The second kappa shape index (κ2) is 6.11. The standard InChI is InChI=1S/C20H20O/c1-15-10-11-18(16(2)12-15)13-21-14-19-8-5-7-17-6-3-4-9-20(17)19/h3-12H,13-14H2,1-2H3. The van der Waals surface area contributed by atoms with Crippen molar-refractivity contribution in [3.63, 3.8) is 0 Å². The first-order valence-electron chi connectivity index (χ1n) is 7.34. The minimum Gasteiger partial charge on any atom is -0.372 e. The van der Waals surface area contributed by atoms with E-state index < -0.39 is 0 Å². The fraction of sp³-hybridized carbons (Fsp3) is 0.200. The molecule has 0 unspecified atom stereocenters. The van der Waals surface area contributed by atoms with Gasteiger partial charge in [-0.2, -0.15) is 0 Å². The van der Waals surface area contributed by atoms with Crippen LogP contribution in [-0.4, -0.2) is 0 Å². The molecule has 0 amide bonds. The maximum Gasteiger partial charge on any atom is 0.0727 e. The van der Waals surface area contributed by atoms with Crippen LogP contribution in [-0.2, 0) is 18.0 Å². The molecule has 3 rings (SSSR count). The lowest BCUT2D eigenvalue weighted by molar-refractivity contribution is 0.107. The highest BCUT2D eigenvalue weighted by Crippen LogP contribution is 2.20. The number of aryl methyl sites for hydroxylation is 2. The summed E-state index contributed by atoms with van der Waals surface area (Å²) in [5.74, 6) is 0. The first kappa shape index (κ1) is 13.8. The van der Waals surface area contributed by atoms with E-state index in [1.54, 1.807) is 0 Å². The van der Waals surface area contributed by atoms with Crippen LogP contribution in [0.4, 0.5) is 0 Å². The lowest BCUT2D eigenvalue weighted by atomic mass is 10.1. The summed E-state index contributed by atoms with van der Waals surface area (Å²) >= 11 is 0. The third kappa shape index (κ3) is 3.14. The van der Waals surface area contributed by atoms with Crippen molar-refractivity contribution in [2.24, 2.45) is 0 Å². The fourth-order valence-corrected chi connectivity index (χ4v) is 2.70. The summed E-state index contributed by atoms with van der Waals surface area (Å²) in [6.07, 6.45) is 0. The summed E-state index contributed by atoms with van der Waals surface area (Å²) < 4.78 is 5.93. The molecule has 0 fully saturated rings. The second-order valence-electron chi connectivity index (χ2n) is 5.56. The molecule has 3 aromatic rings. The van der Waals surface area contributed by atoms with E-state index in [2.05, 4.69) is 74.5 Å². The van der Waals surface area contributed by atoms with Gasteiger partial charge in [-0.15, -0.1) is 0 Å². The van der Waals surface area contributed by atoms with Crippen LogP contribution in [0.15, 0.2) is 60.7 Å². The molecule has 0 aliphatic heterocycles. The highest BCUT2D eigenvalue weighted by molar-refractivity contribution is 5.85. The molecule has 0 radical (unpaired) electrons. The lowest BCUT2D eigenvalue weighted by Gasteiger charge is -2.10. The predicted octanol–water partition coefficient (Wildman–Crippen LogP) is 5.17. The van der Waals surface area contributed by atoms with E-state index in [9.17, 15) is 0 Å². The zero-order chi connectivity index (χ0) is 14.7. The van der Waals surface area contributed by atoms with Gasteiger partial charge in [0.15, 0.2) is 0 Å². The van der Waals surface area contributed by atoms with E-state index >= 15 is 0 Å². The average molecular weight is 276 g/mol. The Morgan fingerprint density at radius 3 is 2.38 bits per heavy atom. The summed E-state index contributed by atoms with van der Waals surface area (Å²) in [7, 11) is 0. The fourth-order valence-electron chi connectivity index (χ4n) is 2.70. The molecule has 0 N–H and O–H groups in total. The smallest absolute Gasteiger partial charge is 0.0727 e. The minimum absolute atomic E-state index is 0.647. The molecular weight excluding hydrogens is 256 g/mol. The summed E-state index contributed by atoms with van der Waals surface area (Å²) in [5.41, 5.74) is 5.11. The monoisotopic (exact) mass is 276 g/mol. The minimum atomic E-state index is 0.647. The van der Waals surface area contributed by atoms with Gasteiger partial charge < -0.3 is 4.74 Å². The van der Waals surface area contributed by atoms with Crippen molar-refractivity contribution >= 4 is 10.8 Å². The van der Waals surface area contributed by atoms with Crippen LogP contribution in [0.1, 0.15) is 22.3 Å². The van der Waals surface area contributed by atoms with Gasteiger partial charge in [-0.1, -0.05) is 66.2 Å². The summed E-state index contributed by atoms with van der Waals surface area (Å²) in [6.45, 7) is 5.57. The van der Waals surface area contributed by atoms with Crippen LogP contribution in [0.3, 0.4) is 0 Å². The van der Waals surface area contributed by atoms with E-state index in [0.29, 0.717) is 13.2 Å². The Hall–Kier alpha value is -2.12. The quantitative estimate of drug-likeness (QED) is 0.638. The third-order valence-corrected chi connectivity index (χ3v) is 3.89. The molecule has 0 spiro atoms. The lowest BCUT2D eigenvalue weighted by Crippen LogP contribution is -1.97. The third-order valence-electron chi connectivity index (χ3n) is 3.89. The molecule has 1 heteroatoms. The Labute approximate surface area is 126 Å². The summed E-state index contributed by atoms with van der Waals surface area (Å²) in [5, 5.41) is 2.55. The van der Waals surface area contributed by atoms with E-state index in [1.165, 1.54) is 33.0 Å². The van der Waals surface area contributed by atoms with Crippen molar-refractivity contribution in [3.05, 3.63) is 82.9 Å². The van der Waals surface area contributed by atoms with Crippen molar-refractivity contribution in [2.45, 2.75) is 27.1 Å². The van der Waals surface area contributed by atoms with Crippen molar-refractivity contribution in [3.8, 4) is 0 Å². The SMILES string of the molecule is Cc1ccc(COCc2cccc3ccccc23)c(C)c1. The Balaban J connectivity index is 1.72. The molecular formula is C20H20O. The Morgan fingerprint density at radius 1 is 0.762 bits per heavy atom. The van der Waals surface area contributed by atoms with Crippen LogP contribution in [0.2, 0.25) is 0 Å². The summed E-state index contributed by atoms with van der Waals surface area (Å²) in [6, 6.07) is 21.3. The zero-order valence-corrected chi connectivity index (χ0v) is 12.6. The maximum absolute atomic E-state index is 5.93. The normalized spacial score (nSPS) is 11.0. The number of hydrogen-bond donors (Lipinski definition) is 0. The van der Waals surface area contributed by atoms with Crippen molar-refractivity contribution in [2.75, 3.05) is 0 Å². The maximum atomic E-state index is 5.93. The van der Waals surface area contributed by atoms with Crippen LogP contribution in [0.5, 0.6) is 0 Å². The van der Waals surface area contributed by atoms with Gasteiger partial charge in [-0.3, -0.25) is 0 Å². The Bertz CT molecular complexity index is 753. The number of hydrogen-bond acceptors (Lipinski definition) is 1. The highest BCUT2D eigenvalue weighted by Gasteiger charge is 2.02. The van der Waals surface area contributed by atoms with Crippen LogP contribution >= 0.6 is 0 Å². The molecule has 3 aromatic carbocycles. The molecule has 106 valence electrons. The van der Waals surface area contributed by atoms with Gasteiger partial charge in [0, 0.05) is 0 Å². The second-order valence-corrected chi connectivity index (χ2v) is 5.56. The number of rotatable bonds is 4. The van der Waals surface area contributed by atoms with Gasteiger partial charge in [0.1, 0.15) is 0 Å². The van der Waals surface area contributed by atoms with Gasteiger partial charge in [0.25, 0.3) is 0 Å². The first-order chi connectivity index (χ1) is 10.2. The molecule has 0 aliphatic rings. The van der Waals surface area contributed by atoms with Gasteiger partial charge in [0.2, 0.25) is 0 Å². The van der Waals surface area contributed by atoms with E-state index in [-0.39, 0.29) is 0 Å². The largest absolute Gasteiger partial charge is 0.372 e. The molecule has 0 saturated heterocycles. The molecule has 0 aromatic heterocycles. The van der Waals surface area contributed by atoms with Gasteiger partial charge in [0.05, 0.1) is 13.2 Å². The van der Waals surface area contributed by atoms with Gasteiger partial charge in [-0.05, 0) is 41.3 Å². The number of ether oxygens (including phenoxy) is 1.